The molecule has 2 rings (SSSR count). The molecule has 3 atom stereocenters. The summed E-state index contributed by atoms with van der Waals surface area (Å²) in [5.41, 5.74) is 0.947. The van der Waals surface area contributed by atoms with Crippen LogP contribution in [0.3, 0.4) is 0 Å². The second kappa shape index (κ2) is 5.23. The molecule has 17 heavy (non-hydrogen) atoms. The Morgan fingerprint density at radius 2 is 2.24 bits per heavy atom. The van der Waals surface area contributed by atoms with Crippen LogP contribution in [-0.4, -0.2) is 35.6 Å². The number of halogens is 1. The van der Waals surface area contributed by atoms with E-state index < -0.39 is 0 Å². The van der Waals surface area contributed by atoms with E-state index in [1.165, 1.54) is 0 Å². The smallest absolute Gasteiger partial charge is 0.152 e. The lowest BCUT2D eigenvalue weighted by molar-refractivity contribution is 0.145. The van der Waals surface area contributed by atoms with Gasteiger partial charge in [0.2, 0.25) is 0 Å². The van der Waals surface area contributed by atoms with Crippen molar-refractivity contribution in [1.82, 2.24) is 9.88 Å². The van der Waals surface area contributed by atoms with Crippen LogP contribution >= 0.6 is 11.6 Å². The van der Waals surface area contributed by atoms with Crippen LogP contribution in [0.4, 0.5) is 5.69 Å². The minimum Gasteiger partial charge on any atom is -0.379 e. The van der Waals surface area contributed by atoms with Crippen molar-refractivity contribution in [1.29, 1.82) is 0 Å². The maximum absolute atomic E-state index is 6.07. The van der Waals surface area contributed by atoms with E-state index in [0.717, 1.165) is 18.7 Å². The number of aromatic nitrogens is 1. The van der Waals surface area contributed by atoms with Gasteiger partial charge in [-0.3, -0.25) is 0 Å². The molecule has 0 bridgehead atoms. The number of rotatable bonds is 2. The standard InChI is InChI=1S/C13H20ClN3/c1-9-8-17(3)10(2)7-12(9)16-11-5-4-6-15-13(11)14/h4-6,9-10,12,16H,7-8H2,1-3H3. The Morgan fingerprint density at radius 1 is 1.47 bits per heavy atom. The zero-order valence-electron chi connectivity index (χ0n) is 10.7. The van der Waals surface area contributed by atoms with Gasteiger partial charge in [0, 0.05) is 24.8 Å². The van der Waals surface area contributed by atoms with Crippen molar-refractivity contribution in [3.8, 4) is 0 Å². The highest BCUT2D eigenvalue weighted by atomic mass is 35.5. The number of piperidine rings is 1. The first-order valence-electron chi connectivity index (χ1n) is 6.15. The highest BCUT2D eigenvalue weighted by Crippen LogP contribution is 2.26. The van der Waals surface area contributed by atoms with Gasteiger partial charge in [-0.25, -0.2) is 4.98 Å². The maximum Gasteiger partial charge on any atom is 0.152 e. The summed E-state index contributed by atoms with van der Waals surface area (Å²) < 4.78 is 0. The fourth-order valence-electron chi connectivity index (χ4n) is 2.44. The molecule has 1 aliphatic rings. The fraction of sp³-hybridized carbons (Fsp3) is 0.615. The van der Waals surface area contributed by atoms with Crippen molar-refractivity contribution >= 4 is 17.3 Å². The highest BCUT2D eigenvalue weighted by Gasteiger charge is 2.29. The quantitative estimate of drug-likeness (QED) is 0.822. The number of pyridine rings is 1. The van der Waals surface area contributed by atoms with Gasteiger partial charge in [-0.15, -0.1) is 0 Å². The molecule has 94 valence electrons. The van der Waals surface area contributed by atoms with Gasteiger partial charge in [0.15, 0.2) is 5.15 Å². The molecule has 1 aromatic rings. The third-order valence-corrected chi connectivity index (χ3v) is 4.01. The molecule has 2 heterocycles. The Bertz CT molecular complexity index is 383. The molecule has 0 aromatic carbocycles. The first-order valence-corrected chi connectivity index (χ1v) is 6.53. The normalized spacial score (nSPS) is 30.2. The Hall–Kier alpha value is -0.800. The summed E-state index contributed by atoms with van der Waals surface area (Å²) in [4.78, 5) is 6.51. The van der Waals surface area contributed by atoms with E-state index >= 15 is 0 Å². The highest BCUT2D eigenvalue weighted by molar-refractivity contribution is 6.31. The van der Waals surface area contributed by atoms with Crippen molar-refractivity contribution in [2.45, 2.75) is 32.4 Å². The summed E-state index contributed by atoms with van der Waals surface area (Å²) in [6, 6.07) is 4.99. The SMILES string of the molecule is CC1CN(C)C(C)CC1Nc1cccnc1Cl. The molecule has 1 aromatic heterocycles. The van der Waals surface area contributed by atoms with Crippen LogP contribution in [0.25, 0.3) is 0 Å². The second-order valence-corrected chi connectivity index (χ2v) is 5.45. The minimum absolute atomic E-state index is 0.475. The minimum atomic E-state index is 0.475. The first kappa shape index (κ1) is 12.7. The molecule has 0 spiro atoms. The topological polar surface area (TPSA) is 28.2 Å². The van der Waals surface area contributed by atoms with Crippen LogP contribution in [0.2, 0.25) is 5.15 Å². The lowest BCUT2D eigenvalue weighted by atomic mass is 9.90. The van der Waals surface area contributed by atoms with Crippen molar-refractivity contribution in [2.24, 2.45) is 5.92 Å². The number of nitrogens with zero attached hydrogens (tertiary/aromatic N) is 2. The number of likely N-dealkylation sites (tertiary alicyclic amines) is 1. The van der Waals surface area contributed by atoms with Gasteiger partial charge in [-0.1, -0.05) is 18.5 Å². The Labute approximate surface area is 108 Å². The number of hydrogen-bond donors (Lipinski definition) is 1. The van der Waals surface area contributed by atoms with E-state index in [9.17, 15) is 0 Å². The van der Waals surface area contributed by atoms with Gasteiger partial charge in [-0.05, 0) is 38.4 Å². The van der Waals surface area contributed by atoms with Gasteiger partial charge in [-0.2, -0.15) is 0 Å². The largest absolute Gasteiger partial charge is 0.379 e. The Morgan fingerprint density at radius 3 is 2.94 bits per heavy atom. The van der Waals surface area contributed by atoms with E-state index in [0.29, 0.717) is 23.2 Å². The van der Waals surface area contributed by atoms with Crippen LogP contribution in [0, 0.1) is 5.92 Å². The van der Waals surface area contributed by atoms with Crippen LogP contribution in [0.15, 0.2) is 18.3 Å². The summed E-state index contributed by atoms with van der Waals surface area (Å²) in [5.74, 6) is 0.618. The molecule has 0 amide bonds. The van der Waals surface area contributed by atoms with E-state index in [-0.39, 0.29) is 0 Å². The van der Waals surface area contributed by atoms with Crippen molar-refractivity contribution in [3.63, 3.8) is 0 Å². The average molecular weight is 254 g/mol. The monoisotopic (exact) mass is 253 g/mol. The molecule has 0 radical (unpaired) electrons. The second-order valence-electron chi connectivity index (χ2n) is 5.09. The predicted octanol–water partition coefficient (Wildman–Crippen LogP) is 2.88. The number of hydrogen-bond acceptors (Lipinski definition) is 3. The van der Waals surface area contributed by atoms with Gasteiger partial charge in [0.05, 0.1) is 5.69 Å². The molecule has 0 aliphatic carbocycles. The predicted molar refractivity (Wildman–Crippen MR) is 72.5 cm³/mol. The lowest BCUT2D eigenvalue weighted by Crippen LogP contribution is -2.48. The summed E-state index contributed by atoms with van der Waals surface area (Å²) in [6.07, 6.45) is 2.86. The molecule has 3 nitrogen and oxygen atoms in total. The van der Waals surface area contributed by atoms with Gasteiger partial charge < -0.3 is 10.2 Å². The van der Waals surface area contributed by atoms with Crippen LogP contribution in [-0.2, 0) is 0 Å². The average Bonchev–Trinajstić information content (AvgIpc) is 2.29. The Balaban J connectivity index is 2.06. The molecule has 1 fully saturated rings. The van der Waals surface area contributed by atoms with Gasteiger partial charge in [0.1, 0.15) is 0 Å². The summed E-state index contributed by atoms with van der Waals surface area (Å²) in [6.45, 7) is 5.67. The summed E-state index contributed by atoms with van der Waals surface area (Å²) in [7, 11) is 2.19. The number of nitrogens with one attached hydrogen (secondary N) is 1. The van der Waals surface area contributed by atoms with Crippen molar-refractivity contribution in [3.05, 3.63) is 23.5 Å². The zero-order valence-corrected chi connectivity index (χ0v) is 11.4. The van der Waals surface area contributed by atoms with Crippen LogP contribution < -0.4 is 5.32 Å². The van der Waals surface area contributed by atoms with Crippen LogP contribution in [0.5, 0.6) is 0 Å². The summed E-state index contributed by atoms with van der Waals surface area (Å²) >= 11 is 6.07. The first-order chi connectivity index (χ1) is 8.08. The molecule has 1 aliphatic heterocycles. The zero-order chi connectivity index (χ0) is 12.4. The molecule has 0 saturated carbocycles. The Kier molecular flexibility index (Phi) is 3.89. The van der Waals surface area contributed by atoms with E-state index in [1.807, 2.05) is 12.1 Å². The molecule has 1 saturated heterocycles. The van der Waals surface area contributed by atoms with Crippen molar-refractivity contribution < 1.29 is 0 Å². The third kappa shape index (κ3) is 2.90. The van der Waals surface area contributed by atoms with Gasteiger partial charge >= 0.3 is 0 Å². The van der Waals surface area contributed by atoms with E-state index in [2.05, 4.69) is 36.1 Å². The molecular formula is C13H20ClN3. The molecule has 1 N–H and O–H groups in total. The van der Waals surface area contributed by atoms with Gasteiger partial charge in [0.25, 0.3) is 0 Å². The fourth-order valence-corrected chi connectivity index (χ4v) is 2.61. The molecule has 3 unspecified atom stereocenters. The third-order valence-electron chi connectivity index (χ3n) is 3.71. The maximum atomic E-state index is 6.07. The van der Waals surface area contributed by atoms with Crippen LogP contribution in [0.1, 0.15) is 20.3 Å². The summed E-state index contributed by atoms with van der Waals surface area (Å²) in [5, 5.41) is 4.09. The number of anilines is 1. The molecular weight excluding hydrogens is 234 g/mol. The van der Waals surface area contributed by atoms with E-state index in [1.54, 1.807) is 6.20 Å². The lowest BCUT2D eigenvalue weighted by Gasteiger charge is -2.40. The molecule has 4 heteroatoms. The van der Waals surface area contributed by atoms with Crippen molar-refractivity contribution in [2.75, 3.05) is 18.9 Å². The van der Waals surface area contributed by atoms with E-state index in [4.69, 9.17) is 11.6 Å².